The lowest BCUT2D eigenvalue weighted by molar-refractivity contribution is 0.918. The molecule has 0 aliphatic heterocycles. The zero-order valence-corrected chi connectivity index (χ0v) is 10.1. The van der Waals surface area contributed by atoms with Crippen LogP contribution in [0.25, 0.3) is 0 Å². The monoisotopic (exact) mass is 193 g/mol. The van der Waals surface area contributed by atoms with Gasteiger partial charge in [-0.2, -0.15) is 0 Å². The Balaban J connectivity index is 4.92. The SMILES string of the molecule is CC/C=C(C)/C(C=C(C)C)=C/C(C)N. The van der Waals surface area contributed by atoms with Crippen molar-refractivity contribution >= 4 is 0 Å². The molecule has 1 nitrogen and oxygen atoms in total. The van der Waals surface area contributed by atoms with E-state index >= 15 is 0 Å². The summed E-state index contributed by atoms with van der Waals surface area (Å²) in [6.45, 7) is 10.5. The van der Waals surface area contributed by atoms with Crippen LogP contribution in [0.5, 0.6) is 0 Å². The maximum absolute atomic E-state index is 5.77. The summed E-state index contributed by atoms with van der Waals surface area (Å²) in [5.41, 5.74) is 9.64. The van der Waals surface area contributed by atoms with E-state index in [1.54, 1.807) is 0 Å². The minimum atomic E-state index is 0.112. The maximum atomic E-state index is 5.77. The molecule has 80 valence electrons. The molecule has 1 atom stereocenters. The van der Waals surface area contributed by atoms with Crippen molar-refractivity contribution in [2.75, 3.05) is 0 Å². The predicted octanol–water partition coefficient (Wildman–Crippen LogP) is 3.58. The second-order valence-corrected chi connectivity index (χ2v) is 4.00. The number of hydrogen-bond acceptors (Lipinski definition) is 1. The zero-order valence-electron chi connectivity index (χ0n) is 10.1. The molecule has 0 aromatic rings. The molecule has 0 amide bonds. The molecule has 0 aromatic heterocycles. The third-order valence-corrected chi connectivity index (χ3v) is 1.85. The summed E-state index contributed by atoms with van der Waals surface area (Å²) in [4.78, 5) is 0. The number of hydrogen-bond donors (Lipinski definition) is 1. The van der Waals surface area contributed by atoms with E-state index in [2.05, 4.69) is 45.9 Å². The smallest absolute Gasteiger partial charge is 0.0203 e. The van der Waals surface area contributed by atoms with Gasteiger partial charge in [0.1, 0.15) is 0 Å². The Morgan fingerprint density at radius 3 is 2.21 bits per heavy atom. The molecular formula is C13H23N. The molecule has 0 radical (unpaired) electrons. The second kappa shape index (κ2) is 6.61. The van der Waals surface area contributed by atoms with Crippen LogP contribution in [0.4, 0.5) is 0 Å². The molecule has 0 heterocycles. The first kappa shape index (κ1) is 13.2. The molecule has 0 fully saturated rings. The first-order valence-electron chi connectivity index (χ1n) is 5.26. The molecule has 14 heavy (non-hydrogen) atoms. The molecule has 0 rings (SSSR count). The standard InChI is InChI=1S/C13H23N/c1-6-7-11(4)13(8-10(2)3)9-12(5)14/h7-9,12H,6,14H2,1-5H3/b11-7+,13-9+. The van der Waals surface area contributed by atoms with Gasteiger partial charge < -0.3 is 5.73 Å². The van der Waals surface area contributed by atoms with Crippen molar-refractivity contribution in [2.45, 2.75) is 47.1 Å². The normalized spacial score (nSPS) is 15.3. The molecule has 1 heteroatoms. The fraction of sp³-hybridized carbons (Fsp3) is 0.538. The lowest BCUT2D eigenvalue weighted by atomic mass is 10.0. The van der Waals surface area contributed by atoms with Gasteiger partial charge in [0.2, 0.25) is 0 Å². The highest BCUT2D eigenvalue weighted by Crippen LogP contribution is 2.14. The van der Waals surface area contributed by atoms with Crippen molar-refractivity contribution in [1.29, 1.82) is 0 Å². The van der Waals surface area contributed by atoms with Gasteiger partial charge in [-0.25, -0.2) is 0 Å². The first-order chi connectivity index (χ1) is 6.47. The van der Waals surface area contributed by atoms with Gasteiger partial charge in [-0.05, 0) is 45.3 Å². The van der Waals surface area contributed by atoms with E-state index in [1.165, 1.54) is 16.7 Å². The molecule has 2 N–H and O–H groups in total. The summed E-state index contributed by atoms with van der Waals surface area (Å²) >= 11 is 0. The predicted molar refractivity (Wildman–Crippen MR) is 65.2 cm³/mol. The Labute approximate surface area is 88.4 Å². The van der Waals surface area contributed by atoms with Crippen LogP contribution in [-0.4, -0.2) is 6.04 Å². The van der Waals surface area contributed by atoms with Gasteiger partial charge in [0.25, 0.3) is 0 Å². The third kappa shape index (κ3) is 5.76. The summed E-state index contributed by atoms with van der Waals surface area (Å²) in [5, 5.41) is 0. The van der Waals surface area contributed by atoms with E-state index in [9.17, 15) is 0 Å². The lowest BCUT2D eigenvalue weighted by Gasteiger charge is -2.06. The van der Waals surface area contributed by atoms with Crippen molar-refractivity contribution in [2.24, 2.45) is 5.73 Å². The average Bonchev–Trinajstić information content (AvgIpc) is 2.01. The Morgan fingerprint density at radius 2 is 1.86 bits per heavy atom. The maximum Gasteiger partial charge on any atom is 0.0203 e. The Hall–Kier alpha value is -0.820. The molecule has 0 saturated carbocycles. The minimum absolute atomic E-state index is 0.112. The molecule has 0 aliphatic rings. The topological polar surface area (TPSA) is 26.0 Å². The van der Waals surface area contributed by atoms with Crippen molar-refractivity contribution in [3.05, 3.63) is 34.9 Å². The Morgan fingerprint density at radius 1 is 1.29 bits per heavy atom. The van der Waals surface area contributed by atoms with E-state index in [4.69, 9.17) is 5.73 Å². The van der Waals surface area contributed by atoms with Crippen molar-refractivity contribution < 1.29 is 0 Å². The summed E-state index contributed by atoms with van der Waals surface area (Å²) < 4.78 is 0. The van der Waals surface area contributed by atoms with Crippen LogP contribution in [0.1, 0.15) is 41.0 Å². The lowest BCUT2D eigenvalue weighted by Crippen LogP contribution is -2.11. The molecule has 0 saturated heterocycles. The fourth-order valence-electron chi connectivity index (χ4n) is 1.31. The van der Waals surface area contributed by atoms with Gasteiger partial charge in [0, 0.05) is 6.04 Å². The van der Waals surface area contributed by atoms with Crippen molar-refractivity contribution in [3.63, 3.8) is 0 Å². The van der Waals surface area contributed by atoms with Crippen molar-refractivity contribution in [1.82, 2.24) is 0 Å². The number of nitrogens with two attached hydrogens (primary N) is 1. The molecule has 0 aliphatic carbocycles. The van der Waals surface area contributed by atoms with Gasteiger partial charge in [0.05, 0.1) is 0 Å². The van der Waals surface area contributed by atoms with E-state index in [-0.39, 0.29) is 6.04 Å². The number of rotatable bonds is 4. The van der Waals surface area contributed by atoms with E-state index in [1.807, 2.05) is 6.92 Å². The summed E-state index contributed by atoms with van der Waals surface area (Å²) in [5.74, 6) is 0. The van der Waals surface area contributed by atoms with Gasteiger partial charge in [-0.3, -0.25) is 0 Å². The van der Waals surface area contributed by atoms with Crippen LogP contribution < -0.4 is 5.73 Å². The van der Waals surface area contributed by atoms with Gasteiger partial charge in [0.15, 0.2) is 0 Å². The highest BCUT2D eigenvalue weighted by Gasteiger charge is 1.97. The van der Waals surface area contributed by atoms with Crippen LogP contribution in [0, 0.1) is 0 Å². The van der Waals surface area contributed by atoms with Crippen LogP contribution in [0.2, 0.25) is 0 Å². The van der Waals surface area contributed by atoms with E-state index in [0.717, 1.165) is 6.42 Å². The van der Waals surface area contributed by atoms with E-state index in [0.29, 0.717) is 0 Å². The molecule has 0 bridgehead atoms. The zero-order chi connectivity index (χ0) is 11.1. The molecular weight excluding hydrogens is 170 g/mol. The number of allylic oxidation sites excluding steroid dienone is 5. The highest BCUT2D eigenvalue weighted by molar-refractivity contribution is 5.40. The minimum Gasteiger partial charge on any atom is -0.325 e. The fourth-order valence-corrected chi connectivity index (χ4v) is 1.31. The van der Waals surface area contributed by atoms with Crippen LogP contribution in [-0.2, 0) is 0 Å². The summed E-state index contributed by atoms with van der Waals surface area (Å²) in [7, 11) is 0. The van der Waals surface area contributed by atoms with Crippen LogP contribution >= 0.6 is 0 Å². The molecule has 1 unspecified atom stereocenters. The third-order valence-electron chi connectivity index (χ3n) is 1.85. The average molecular weight is 193 g/mol. The second-order valence-electron chi connectivity index (χ2n) is 4.00. The van der Waals surface area contributed by atoms with Crippen molar-refractivity contribution in [3.8, 4) is 0 Å². The Bertz CT molecular complexity index is 250. The highest BCUT2D eigenvalue weighted by atomic mass is 14.6. The summed E-state index contributed by atoms with van der Waals surface area (Å²) in [6.07, 6.45) is 7.59. The molecule has 0 aromatic carbocycles. The largest absolute Gasteiger partial charge is 0.325 e. The summed E-state index contributed by atoms with van der Waals surface area (Å²) in [6, 6.07) is 0.112. The van der Waals surface area contributed by atoms with Gasteiger partial charge >= 0.3 is 0 Å². The first-order valence-corrected chi connectivity index (χ1v) is 5.26. The van der Waals surface area contributed by atoms with Crippen LogP contribution in [0.3, 0.4) is 0 Å². The quantitative estimate of drug-likeness (QED) is 0.678. The Kier molecular flexibility index (Phi) is 6.22. The molecule has 0 spiro atoms. The van der Waals surface area contributed by atoms with E-state index < -0.39 is 0 Å². The van der Waals surface area contributed by atoms with Crippen LogP contribution in [0.15, 0.2) is 34.9 Å². The van der Waals surface area contributed by atoms with Gasteiger partial charge in [-0.1, -0.05) is 30.7 Å². The van der Waals surface area contributed by atoms with Gasteiger partial charge in [-0.15, -0.1) is 0 Å².